The molecule has 0 aliphatic rings. The predicted molar refractivity (Wildman–Crippen MR) is 71.1 cm³/mol. The first-order valence-electron chi connectivity index (χ1n) is 6.18. The molecule has 9 nitrogen and oxygen atoms in total. The Balaban J connectivity index is 1.87. The van der Waals surface area contributed by atoms with Crippen LogP contribution >= 0.6 is 0 Å². The summed E-state index contributed by atoms with van der Waals surface area (Å²) in [6.07, 6.45) is 0.200. The fourth-order valence-corrected chi connectivity index (χ4v) is 1.68. The van der Waals surface area contributed by atoms with Crippen LogP contribution in [0.5, 0.6) is 0 Å². The summed E-state index contributed by atoms with van der Waals surface area (Å²) in [5, 5.41) is 26.9. The van der Waals surface area contributed by atoms with E-state index in [0.29, 0.717) is 5.82 Å². The van der Waals surface area contributed by atoms with E-state index >= 15 is 0 Å². The number of aromatic amines is 1. The zero-order valence-corrected chi connectivity index (χ0v) is 11.0. The molecule has 0 saturated carbocycles. The molecular weight excluding hydrogens is 276 g/mol. The molecule has 0 bridgehead atoms. The lowest BCUT2D eigenvalue weighted by atomic mass is 10.1. The number of nitrogens with one attached hydrogen (secondary N) is 3. The Hall–Kier alpha value is -2.97. The van der Waals surface area contributed by atoms with E-state index < -0.39 is 18.0 Å². The second-order valence-electron chi connectivity index (χ2n) is 4.24. The largest absolute Gasteiger partial charge is 0.480 e. The van der Waals surface area contributed by atoms with Crippen LogP contribution in [0.15, 0.2) is 30.3 Å². The van der Waals surface area contributed by atoms with Gasteiger partial charge in [0.2, 0.25) is 0 Å². The molecule has 0 fully saturated rings. The van der Waals surface area contributed by atoms with Gasteiger partial charge in [0, 0.05) is 6.42 Å². The number of carbonyl (C=O) groups excluding carboxylic acids is 1. The minimum Gasteiger partial charge on any atom is -0.480 e. The number of tetrazole rings is 1. The Kier molecular flexibility index (Phi) is 4.80. The lowest BCUT2D eigenvalue weighted by Gasteiger charge is -2.14. The van der Waals surface area contributed by atoms with Crippen molar-refractivity contribution in [1.82, 2.24) is 31.3 Å². The first-order valence-corrected chi connectivity index (χ1v) is 6.18. The first kappa shape index (κ1) is 14.4. The molecule has 0 aliphatic carbocycles. The number of carboxylic acid groups (broad SMARTS) is 1. The third-order valence-corrected chi connectivity index (χ3v) is 2.68. The summed E-state index contributed by atoms with van der Waals surface area (Å²) in [6.45, 7) is 0.0556. The predicted octanol–water partition coefficient (Wildman–Crippen LogP) is -0.305. The summed E-state index contributed by atoms with van der Waals surface area (Å²) in [5.41, 5.74) is 0.823. The van der Waals surface area contributed by atoms with Crippen molar-refractivity contribution in [2.75, 3.05) is 0 Å². The molecule has 1 atom stereocenters. The van der Waals surface area contributed by atoms with Crippen LogP contribution in [-0.2, 0) is 17.8 Å². The number of hydrogen-bond donors (Lipinski definition) is 4. The van der Waals surface area contributed by atoms with Crippen LogP contribution in [0.2, 0.25) is 0 Å². The lowest BCUT2D eigenvalue weighted by Crippen LogP contribution is -2.47. The number of rotatable bonds is 6. The van der Waals surface area contributed by atoms with Gasteiger partial charge in [0.1, 0.15) is 6.04 Å². The van der Waals surface area contributed by atoms with Gasteiger partial charge in [-0.1, -0.05) is 35.5 Å². The summed E-state index contributed by atoms with van der Waals surface area (Å²) < 4.78 is 0. The monoisotopic (exact) mass is 290 g/mol. The summed E-state index contributed by atoms with van der Waals surface area (Å²) in [5.74, 6) is -0.798. The second-order valence-corrected chi connectivity index (χ2v) is 4.24. The Morgan fingerprint density at radius 1 is 1.29 bits per heavy atom. The standard InChI is InChI=1S/C12H14N6O3/c19-11(20)9(6-8-4-2-1-3-5-8)14-12(21)13-7-10-15-17-18-16-10/h1-5,9H,6-7H2,(H,19,20)(H2,13,14,21)(H,15,16,17,18)/t9-/m0/s1. The molecule has 1 aromatic heterocycles. The highest BCUT2D eigenvalue weighted by Gasteiger charge is 2.20. The fourth-order valence-electron chi connectivity index (χ4n) is 1.68. The number of carbonyl (C=O) groups is 2. The van der Waals surface area contributed by atoms with Crippen LogP contribution in [0.4, 0.5) is 4.79 Å². The van der Waals surface area contributed by atoms with Crippen LogP contribution < -0.4 is 10.6 Å². The fraction of sp³-hybridized carbons (Fsp3) is 0.250. The van der Waals surface area contributed by atoms with E-state index in [9.17, 15) is 9.59 Å². The molecule has 2 aromatic rings. The van der Waals surface area contributed by atoms with E-state index in [4.69, 9.17) is 5.11 Å². The average molecular weight is 290 g/mol. The third-order valence-electron chi connectivity index (χ3n) is 2.68. The third kappa shape index (κ3) is 4.56. The maximum atomic E-state index is 11.7. The van der Waals surface area contributed by atoms with Gasteiger partial charge in [-0.3, -0.25) is 0 Å². The Labute approximate surface area is 119 Å². The molecule has 2 amide bonds. The van der Waals surface area contributed by atoms with Gasteiger partial charge in [-0.15, -0.1) is 10.2 Å². The number of benzene rings is 1. The number of amides is 2. The highest BCUT2D eigenvalue weighted by Crippen LogP contribution is 2.03. The number of hydrogen-bond acceptors (Lipinski definition) is 5. The number of aliphatic carboxylic acids is 1. The van der Waals surface area contributed by atoms with Crippen molar-refractivity contribution in [2.45, 2.75) is 19.0 Å². The first-order chi connectivity index (χ1) is 10.1. The Bertz CT molecular complexity index is 586. The Morgan fingerprint density at radius 2 is 2.05 bits per heavy atom. The average Bonchev–Trinajstić information content (AvgIpc) is 2.99. The molecule has 0 aliphatic heterocycles. The Morgan fingerprint density at radius 3 is 2.67 bits per heavy atom. The van der Waals surface area contributed by atoms with Gasteiger partial charge in [0.15, 0.2) is 5.82 Å². The van der Waals surface area contributed by atoms with Gasteiger partial charge in [-0.25, -0.2) is 9.59 Å². The molecule has 0 radical (unpaired) electrons. The molecular formula is C12H14N6O3. The molecule has 2 rings (SSSR count). The SMILES string of the molecule is O=C(NCc1nn[nH]n1)N[C@@H](Cc1ccccc1)C(=O)O. The number of aromatic nitrogens is 4. The van der Waals surface area contributed by atoms with E-state index in [2.05, 4.69) is 31.3 Å². The van der Waals surface area contributed by atoms with Crippen LogP contribution in [-0.4, -0.2) is 43.8 Å². The molecule has 0 spiro atoms. The van der Waals surface area contributed by atoms with Crippen molar-refractivity contribution in [2.24, 2.45) is 0 Å². The normalized spacial score (nSPS) is 11.6. The van der Waals surface area contributed by atoms with Crippen molar-refractivity contribution in [3.05, 3.63) is 41.7 Å². The maximum absolute atomic E-state index is 11.7. The van der Waals surface area contributed by atoms with Crippen molar-refractivity contribution < 1.29 is 14.7 Å². The molecule has 0 saturated heterocycles. The summed E-state index contributed by atoms with van der Waals surface area (Å²) in [4.78, 5) is 22.9. The lowest BCUT2D eigenvalue weighted by molar-refractivity contribution is -0.139. The van der Waals surface area contributed by atoms with Gasteiger partial charge in [0.25, 0.3) is 0 Å². The van der Waals surface area contributed by atoms with Crippen LogP contribution in [0.3, 0.4) is 0 Å². The molecule has 9 heteroatoms. The molecule has 21 heavy (non-hydrogen) atoms. The zero-order valence-electron chi connectivity index (χ0n) is 11.0. The summed E-state index contributed by atoms with van der Waals surface area (Å²) in [7, 11) is 0. The number of urea groups is 1. The summed E-state index contributed by atoms with van der Waals surface area (Å²) >= 11 is 0. The van der Waals surface area contributed by atoms with E-state index in [1.54, 1.807) is 12.1 Å². The molecule has 1 heterocycles. The van der Waals surface area contributed by atoms with Crippen molar-refractivity contribution in [3.8, 4) is 0 Å². The molecule has 110 valence electrons. The topological polar surface area (TPSA) is 133 Å². The maximum Gasteiger partial charge on any atom is 0.326 e. The smallest absolute Gasteiger partial charge is 0.326 e. The number of carboxylic acids is 1. The highest BCUT2D eigenvalue weighted by atomic mass is 16.4. The van der Waals surface area contributed by atoms with Gasteiger partial charge >= 0.3 is 12.0 Å². The minimum absolute atomic E-state index is 0.0556. The second kappa shape index (κ2) is 6.98. The minimum atomic E-state index is -1.10. The summed E-state index contributed by atoms with van der Waals surface area (Å²) in [6, 6.07) is 7.43. The number of H-pyrrole nitrogens is 1. The van der Waals surface area contributed by atoms with Gasteiger partial charge in [-0.05, 0) is 5.56 Å². The van der Waals surface area contributed by atoms with Crippen molar-refractivity contribution >= 4 is 12.0 Å². The van der Waals surface area contributed by atoms with Crippen molar-refractivity contribution in [3.63, 3.8) is 0 Å². The van der Waals surface area contributed by atoms with Gasteiger partial charge in [0.05, 0.1) is 6.54 Å². The zero-order chi connectivity index (χ0) is 15.1. The van der Waals surface area contributed by atoms with E-state index in [0.717, 1.165) is 5.56 Å². The number of nitrogens with zero attached hydrogens (tertiary/aromatic N) is 3. The highest BCUT2D eigenvalue weighted by molar-refractivity contribution is 5.82. The van der Waals surface area contributed by atoms with Crippen LogP contribution in [0, 0.1) is 0 Å². The van der Waals surface area contributed by atoms with Gasteiger partial charge < -0.3 is 15.7 Å². The quantitative estimate of drug-likeness (QED) is 0.577. The molecule has 0 unspecified atom stereocenters. The molecule has 1 aromatic carbocycles. The van der Waals surface area contributed by atoms with E-state index in [1.807, 2.05) is 18.2 Å². The van der Waals surface area contributed by atoms with E-state index in [-0.39, 0.29) is 13.0 Å². The van der Waals surface area contributed by atoms with Crippen LogP contribution in [0.25, 0.3) is 0 Å². The van der Waals surface area contributed by atoms with Gasteiger partial charge in [-0.2, -0.15) is 5.21 Å². The van der Waals surface area contributed by atoms with E-state index in [1.165, 1.54) is 0 Å². The van der Waals surface area contributed by atoms with Crippen molar-refractivity contribution in [1.29, 1.82) is 0 Å². The molecule has 4 N–H and O–H groups in total. The van der Waals surface area contributed by atoms with Crippen LogP contribution in [0.1, 0.15) is 11.4 Å².